The summed E-state index contributed by atoms with van der Waals surface area (Å²) in [5, 5.41) is 14.1. The molecule has 0 fully saturated rings. The number of hydrogen-bond acceptors (Lipinski definition) is 4. The highest BCUT2D eigenvalue weighted by atomic mass is 35.5. The van der Waals surface area contributed by atoms with E-state index >= 15 is 0 Å². The molecule has 0 saturated carbocycles. The molecule has 0 aliphatic carbocycles. The number of pyridine rings is 1. The quantitative estimate of drug-likeness (QED) is 0.685. The van der Waals surface area contributed by atoms with Crippen molar-refractivity contribution in [1.82, 2.24) is 4.98 Å². The number of halogens is 1. The molecule has 2 aromatic rings. The number of nitro groups is 1. The van der Waals surface area contributed by atoms with Gasteiger partial charge in [-0.1, -0.05) is 17.7 Å². The first kappa shape index (κ1) is 13.3. The lowest BCUT2D eigenvalue weighted by atomic mass is 10.1. The Bertz CT molecular complexity index is 617. The second kappa shape index (κ2) is 5.67. The van der Waals surface area contributed by atoms with Crippen molar-refractivity contribution in [1.29, 1.82) is 0 Å². The van der Waals surface area contributed by atoms with Gasteiger partial charge in [-0.25, -0.2) is 0 Å². The molecule has 1 aromatic carbocycles. The van der Waals surface area contributed by atoms with E-state index < -0.39 is 4.92 Å². The molecule has 0 amide bonds. The highest BCUT2D eigenvalue weighted by Gasteiger charge is 2.17. The summed E-state index contributed by atoms with van der Waals surface area (Å²) in [5.41, 5.74) is 2.36. The predicted octanol–water partition coefficient (Wildman–Crippen LogP) is 3.56. The number of hydrogen-bond donors (Lipinski definition) is 1. The molecular weight excluding hydrogens is 266 g/mol. The normalized spacial score (nSPS) is 10.2. The van der Waals surface area contributed by atoms with Crippen molar-refractivity contribution >= 4 is 23.0 Å². The minimum absolute atomic E-state index is 0.106. The van der Waals surface area contributed by atoms with E-state index in [1.54, 1.807) is 24.5 Å². The molecular formula is C13H12ClN3O2. The van der Waals surface area contributed by atoms with Gasteiger partial charge in [0.1, 0.15) is 10.7 Å². The van der Waals surface area contributed by atoms with Crippen LogP contribution in [0.4, 0.5) is 11.4 Å². The first-order valence-corrected chi connectivity index (χ1v) is 6.03. The fourth-order valence-corrected chi connectivity index (χ4v) is 1.96. The molecule has 0 aliphatic heterocycles. The van der Waals surface area contributed by atoms with Gasteiger partial charge in [-0.2, -0.15) is 0 Å². The maximum Gasteiger partial charge on any atom is 0.310 e. The first-order chi connectivity index (χ1) is 9.09. The molecule has 1 heterocycles. The van der Waals surface area contributed by atoms with Gasteiger partial charge in [0, 0.05) is 18.9 Å². The zero-order valence-corrected chi connectivity index (χ0v) is 11.0. The Morgan fingerprint density at radius 2 is 2.21 bits per heavy atom. The molecule has 19 heavy (non-hydrogen) atoms. The second-order valence-corrected chi connectivity index (χ2v) is 4.46. The molecule has 1 N–H and O–H groups in total. The summed E-state index contributed by atoms with van der Waals surface area (Å²) in [6, 6.07) is 6.70. The third-order valence-electron chi connectivity index (χ3n) is 2.79. The Balaban J connectivity index is 2.23. The van der Waals surface area contributed by atoms with E-state index in [9.17, 15) is 10.1 Å². The van der Waals surface area contributed by atoms with Crippen molar-refractivity contribution in [2.45, 2.75) is 13.5 Å². The van der Waals surface area contributed by atoms with Crippen LogP contribution in [0.5, 0.6) is 0 Å². The largest absolute Gasteiger partial charge is 0.375 e. The number of para-hydroxylation sites is 1. The summed E-state index contributed by atoms with van der Waals surface area (Å²) < 4.78 is 0. The lowest BCUT2D eigenvalue weighted by Gasteiger charge is -2.09. The van der Waals surface area contributed by atoms with E-state index in [-0.39, 0.29) is 10.7 Å². The Kier molecular flexibility index (Phi) is 3.97. The van der Waals surface area contributed by atoms with Gasteiger partial charge in [-0.15, -0.1) is 0 Å². The van der Waals surface area contributed by atoms with Gasteiger partial charge < -0.3 is 5.32 Å². The minimum atomic E-state index is -0.485. The standard InChI is InChI=1S/C13H12ClN3O2/c1-9-5-6-15-7-10(9)8-16-12-4-2-3-11(14)13(12)17(18)19/h2-7,16H,8H2,1H3. The number of anilines is 1. The summed E-state index contributed by atoms with van der Waals surface area (Å²) >= 11 is 5.84. The molecule has 0 radical (unpaired) electrons. The third-order valence-corrected chi connectivity index (χ3v) is 3.09. The van der Waals surface area contributed by atoms with Crippen LogP contribution in [0.25, 0.3) is 0 Å². The van der Waals surface area contributed by atoms with Crippen LogP contribution < -0.4 is 5.32 Å². The molecule has 0 unspecified atom stereocenters. The van der Waals surface area contributed by atoms with E-state index in [1.165, 1.54) is 6.07 Å². The zero-order valence-electron chi connectivity index (χ0n) is 10.3. The van der Waals surface area contributed by atoms with E-state index in [0.29, 0.717) is 12.2 Å². The van der Waals surface area contributed by atoms with Gasteiger partial charge in [0.05, 0.1) is 4.92 Å². The second-order valence-electron chi connectivity index (χ2n) is 4.05. The van der Waals surface area contributed by atoms with Crippen LogP contribution in [0.2, 0.25) is 5.02 Å². The lowest BCUT2D eigenvalue weighted by Crippen LogP contribution is -2.04. The molecule has 0 spiro atoms. The fourth-order valence-electron chi connectivity index (χ4n) is 1.72. The van der Waals surface area contributed by atoms with Crippen molar-refractivity contribution < 1.29 is 4.92 Å². The molecule has 0 saturated heterocycles. The van der Waals surface area contributed by atoms with Crippen molar-refractivity contribution in [2.75, 3.05) is 5.32 Å². The summed E-state index contributed by atoms with van der Waals surface area (Å²) in [5.74, 6) is 0. The SMILES string of the molecule is Cc1ccncc1CNc1cccc(Cl)c1[N+](=O)[O-]. The highest BCUT2D eigenvalue weighted by molar-refractivity contribution is 6.33. The maximum absolute atomic E-state index is 11.0. The molecule has 5 nitrogen and oxygen atoms in total. The Hall–Kier alpha value is -2.14. The highest BCUT2D eigenvalue weighted by Crippen LogP contribution is 2.32. The topological polar surface area (TPSA) is 68.1 Å². The van der Waals surface area contributed by atoms with E-state index in [4.69, 9.17) is 11.6 Å². The number of aryl methyl sites for hydroxylation is 1. The Labute approximate surface area is 115 Å². The summed E-state index contributed by atoms with van der Waals surface area (Å²) in [6.45, 7) is 2.42. The zero-order chi connectivity index (χ0) is 13.8. The first-order valence-electron chi connectivity index (χ1n) is 5.66. The summed E-state index contributed by atoms with van der Waals surface area (Å²) in [4.78, 5) is 14.5. The van der Waals surface area contributed by atoms with Crippen LogP contribution in [0, 0.1) is 17.0 Å². The molecule has 98 valence electrons. The average molecular weight is 278 g/mol. The number of benzene rings is 1. The molecule has 6 heteroatoms. The molecule has 1 aromatic heterocycles. The Morgan fingerprint density at radius 3 is 2.89 bits per heavy atom. The van der Waals surface area contributed by atoms with Crippen LogP contribution in [0.3, 0.4) is 0 Å². The van der Waals surface area contributed by atoms with Crippen molar-refractivity contribution in [3.8, 4) is 0 Å². The van der Waals surface area contributed by atoms with Gasteiger partial charge in [-0.3, -0.25) is 15.1 Å². The van der Waals surface area contributed by atoms with E-state index in [0.717, 1.165) is 11.1 Å². The fraction of sp³-hybridized carbons (Fsp3) is 0.154. The smallest absolute Gasteiger partial charge is 0.310 e. The minimum Gasteiger partial charge on any atom is -0.375 e. The van der Waals surface area contributed by atoms with Gasteiger partial charge in [0.2, 0.25) is 0 Å². The molecule has 2 rings (SSSR count). The molecule has 0 bridgehead atoms. The van der Waals surface area contributed by atoms with Crippen LogP contribution in [0.15, 0.2) is 36.7 Å². The van der Waals surface area contributed by atoms with Crippen molar-refractivity contribution in [3.63, 3.8) is 0 Å². The number of rotatable bonds is 4. The molecule has 0 aliphatic rings. The molecule has 0 atom stereocenters. The number of nitrogens with one attached hydrogen (secondary N) is 1. The van der Waals surface area contributed by atoms with Gasteiger partial charge in [0.25, 0.3) is 0 Å². The van der Waals surface area contributed by atoms with Crippen LogP contribution in [-0.2, 0) is 6.54 Å². The van der Waals surface area contributed by atoms with Crippen molar-refractivity contribution in [2.24, 2.45) is 0 Å². The summed E-state index contributed by atoms with van der Waals surface area (Å²) in [7, 11) is 0. The van der Waals surface area contributed by atoms with E-state index in [1.807, 2.05) is 13.0 Å². The van der Waals surface area contributed by atoms with Crippen LogP contribution >= 0.6 is 11.6 Å². The third kappa shape index (κ3) is 3.00. The Morgan fingerprint density at radius 1 is 1.42 bits per heavy atom. The van der Waals surface area contributed by atoms with Crippen LogP contribution in [0.1, 0.15) is 11.1 Å². The van der Waals surface area contributed by atoms with Crippen LogP contribution in [-0.4, -0.2) is 9.91 Å². The van der Waals surface area contributed by atoms with Crippen molar-refractivity contribution in [3.05, 3.63) is 62.9 Å². The number of nitro benzene ring substituents is 1. The van der Waals surface area contributed by atoms with Gasteiger partial charge >= 0.3 is 5.69 Å². The average Bonchev–Trinajstić information content (AvgIpc) is 2.37. The lowest BCUT2D eigenvalue weighted by molar-refractivity contribution is -0.383. The number of aromatic nitrogens is 1. The van der Waals surface area contributed by atoms with E-state index in [2.05, 4.69) is 10.3 Å². The number of nitrogens with zero attached hydrogens (tertiary/aromatic N) is 2. The van der Waals surface area contributed by atoms with Gasteiger partial charge in [0.15, 0.2) is 0 Å². The summed E-state index contributed by atoms with van der Waals surface area (Å²) in [6.07, 6.45) is 3.44. The maximum atomic E-state index is 11.0. The van der Waals surface area contributed by atoms with Gasteiger partial charge in [-0.05, 0) is 36.2 Å². The predicted molar refractivity (Wildman–Crippen MR) is 74.4 cm³/mol. The monoisotopic (exact) mass is 277 g/mol.